The third-order valence-corrected chi connectivity index (χ3v) is 6.36. The average Bonchev–Trinajstić information content (AvgIpc) is 3.19. The normalized spacial score (nSPS) is 14.5. The number of thiazole rings is 1. The molecule has 0 spiro atoms. The Hall–Kier alpha value is -2.41. The molecule has 6 nitrogen and oxygen atoms in total. The maximum absolute atomic E-state index is 12.4. The molecule has 0 aliphatic carbocycles. The minimum atomic E-state index is 0.0104. The van der Waals surface area contributed by atoms with Gasteiger partial charge in [0.1, 0.15) is 5.75 Å². The number of nitrogens with zero attached hydrogens (tertiary/aromatic N) is 2. The lowest BCUT2D eigenvalue weighted by molar-refractivity contribution is -0.136. The average molecular weight is 430 g/mol. The Kier molecular flexibility index (Phi) is 8.68. The summed E-state index contributed by atoms with van der Waals surface area (Å²) in [5.41, 5.74) is 1.08. The summed E-state index contributed by atoms with van der Waals surface area (Å²) in [5.74, 6) is 1.01. The van der Waals surface area contributed by atoms with Gasteiger partial charge in [-0.3, -0.25) is 9.59 Å². The number of para-hydroxylation sites is 1. The van der Waals surface area contributed by atoms with Crippen molar-refractivity contribution in [2.75, 3.05) is 26.2 Å². The Morgan fingerprint density at radius 1 is 1.20 bits per heavy atom. The van der Waals surface area contributed by atoms with Crippen molar-refractivity contribution in [3.8, 4) is 5.75 Å². The van der Waals surface area contributed by atoms with Crippen molar-refractivity contribution in [3.63, 3.8) is 0 Å². The van der Waals surface area contributed by atoms with Gasteiger partial charge in [0.2, 0.25) is 11.8 Å². The molecule has 162 valence electrons. The van der Waals surface area contributed by atoms with Crippen LogP contribution in [0.1, 0.15) is 42.8 Å². The maximum atomic E-state index is 12.4. The van der Waals surface area contributed by atoms with Crippen LogP contribution in [0.4, 0.5) is 0 Å². The first-order valence-corrected chi connectivity index (χ1v) is 11.6. The van der Waals surface area contributed by atoms with Crippen LogP contribution < -0.4 is 10.1 Å². The topological polar surface area (TPSA) is 71.5 Å². The molecule has 1 fully saturated rings. The van der Waals surface area contributed by atoms with E-state index in [1.54, 1.807) is 11.3 Å². The first-order chi connectivity index (χ1) is 14.6. The summed E-state index contributed by atoms with van der Waals surface area (Å²) in [6.45, 7) is 4.39. The highest BCUT2D eigenvalue weighted by Crippen LogP contribution is 2.18. The second-order valence-corrected chi connectivity index (χ2v) is 8.64. The van der Waals surface area contributed by atoms with Gasteiger partial charge in [0.15, 0.2) is 0 Å². The molecular formula is C23H31N3O3S. The van der Waals surface area contributed by atoms with Crippen LogP contribution >= 0.6 is 11.3 Å². The Balaban J connectivity index is 1.25. The summed E-state index contributed by atoms with van der Waals surface area (Å²) in [7, 11) is 0. The predicted molar refractivity (Wildman–Crippen MR) is 119 cm³/mol. The van der Waals surface area contributed by atoms with E-state index < -0.39 is 0 Å². The van der Waals surface area contributed by atoms with Crippen LogP contribution in [0.15, 0.2) is 35.7 Å². The lowest BCUT2D eigenvalue weighted by Gasteiger charge is -2.31. The number of aryl methyl sites for hydroxylation is 2. The van der Waals surface area contributed by atoms with Crippen molar-refractivity contribution in [1.82, 2.24) is 15.2 Å². The number of piperidine rings is 1. The SMILES string of the molecule is Cc1csc(CCCCNC(=O)C2CCN(C(=O)CCOc3ccccc3)CC2)n1. The fourth-order valence-electron chi connectivity index (χ4n) is 3.60. The van der Waals surface area contributed by atoms with E-state index in [0.29, 0.717) is 32.7 Å². The first-order valence-electron chi connectivity index (χ1n) is 10.8. The molecule has 1 aromatic heterocycles. The lowest BCUT2D eigenvalue weighted by Crippen LogP contribution is -2.43. The molecule has 0 atom stereocenters. The molecule has 1 aliphatic heterocycles. The lowest BCUT2D eigenvalue weighted by atomic mass is 9.95. The zero-order valence-corrected chi connectivity index (χ0v) is 18.5. The van der Waals surface area contributed by atoms with Crippen molar-refractivity contribution < 1.29 is 14.3 Å². The monoisotopic (exact) mass is 429 g/mol. The minimum Gasteiger partial charge on any atom is -0.493 e. The second-order valence-electron chi connectivity index (χ2n) is 7.70. The summed E-state index contributed by atoms with van der Waals surface area (Å²) >= 11 is 1.70. The predicted octanol–water partition coefficient (Wildman–Crippen LogP) is 3.60. The molecule has 1 N–H and O–H groups in total. The van der Waals surface area contributed by atoms with Crippen molar-refractivity contribution in [2.24, 2.45) is 5.92 Å². The first kappa shape index (κ1) is 22.3. The number of benzene rings is 1. The van der Waals surface area contributed by atoms with E-state index in [1.807, 2.05) is 42.2 Å². The number of ether oxygens (including phenoxy) is 1. The summed E-state index contributed by atoms with van der Waals surface area (Å²) in [6.07, 6.45) is 4.80. The zero-order valence-electron chi connectivity index (χ0n) is 17.6. The van der Waals surface area contributed by atoms with E-state index >= 15 is 0 Å². The molecule has 2 heterocycles. The number of unbranched alkanes of at least 4 members (excludes halogenated alkanes) is 1. The third-order valence-electron chi connectivity index (χ3n) is 5.33. The van der Waals surface area contributed by atoms with Crippen LogP contribution in [0.3, 0.4) is 0 Å². The Morgan fingerprint density at radius 2 is 1.97 bits per heavy atom. The molecule has 2 aromatic rings. The smallest absolute Gasteiger partial charge is 0.225 e. The van der Waals surface area contributed by atoms with Crippen molar-refractivity contribution in [3.05, 3.63) is 46.4 Å². The molecule has 0 saturated carbocycles. The standard InChI is InChI=1S/C23H31N3O3S/c1-18-17-30-21(25-18)9-5-6-13-24-23(28)19-10-14-26(15-11-19)22(27)12-16-29-20-7-3-2-4-8-20/h2-4,7-8,17,19H,5-6,9-16H2,1H3,(H,24,28). The number of likely N-dealkylation sites (tertiary alicyclic amines) is 1. The van der Waals surface area contributed by atoms with Gasteiger partial charge >= 0.3 is 0 Å². The number of hydrogen-bond acceptors (Lipinski definition) is 5. The fraction of sp³-hybridized carbons (Fsp3) is 0.522. The van der Waals surface area contributed by atoms with Crippen molar-refractivity contribution >= 4 is 23.2 Å². The maximum Gasteiger partial charge on any atom is 0.225 e. The van der Waals surface area contributed by atoms with Gasteiger partial charge in [0.05, 0.1) is 18.0 Å². The van der Waals surface area contributed by atoms with Crippen LogP contribution in [0.25, 0.3) is 0 Å². The van der Waals surface area contributed by atoms with Gasteiger partial charge in [0, 0.05) is 36.6 Å². The molecule has 0 bridgehead atoms. The van der Waals surface area contributed by atoms with Crippen LogP contribution in [-0.2, 0) is 16.0 Å². The summed E-state index contributed by atoms with van der Waals surface area (Å²) in [4.78, 5) is 31.1. The Bertz CT molecular complexity index is 801. The van der Waals surface area contributed by atoms with Crippen LogP contribution in [0.2, 0.25) is 0 Å². The van der Waals surface area contributed by atoms with E-state index in [1.165, 1.54) is 5.01 Å². The van der Waals surface area contributed by atoms with E-state index in [4.69, 9.17) is 4.74 Å². The number of nitrogens with one attached hydrogen (secondary N) is 1. The summed E-state index contributed by atoms with van der Waals surface area (Å²) in [6, 6.07) is 9.52. The summed E-state index contributed by atoms with van der Waals surface area (Å²) < 4.78 is 5.61. The van der Waals surface area contributed by atoms with Gasteiger partial charge in [-0.25, -0.2) is 4.98 Å². The highest BCUT2D eigenvalue weighted by atomic mass is 32.1. The molecule has 3 rings (SSSR count). The molecule has 7 heteroatoms. The van der Waals surface area contributed by atoms with Crippen LogP contribution in [0, 0.1) is 12.8 Å². The van der Waals surface area contributed by atoms with Crippen LogP contribution in [-0.4, -0.2) is 47.9 Å². The zero-order chi connectivity index (χ0) is 21.2. The molecule has 1 saturated heterocycles. The van der Waals surface area contributed by atoms with Gasteiger partial charge < -0.3 is 15.0 Å². The van der Waals surface area contributed by atoms with Gasteiger partial charge in [-0.15, -0.1) is 11.3 Å². The Labute approximate surface area is 182 Å². The van der Waals surface area contributed by atoms with Crippen molar-refractivity contribution in [1.29, 1.82) is 0 Å². The number of rotatable bonds is 10. The van der Waals surface area contributed by atoms with Gasteiger partial charge in [0.25, 0.3) is 0 Å². The van der Waals surface area contributed by atoms with Crippen molar-refractivity contribution in [2.45, 2.75) is 45.4 Å². The molecule has 2 amide bonds. The number of carbonyl (C=O) groups excluding carboxylic acids is 2. The van der Waals surface area contributed by atoms with E-state index in [0.717, 1.165) is 43.5 Å². The molecular weight excluding hydrogens is 398 g/mol. The Morgan fingerprint density at radius 3 is 2.67 bits per heavy atom. The van der Waals surface area contributed by atoms with Gasteiger partial charge in [-0.2, -0.15) is 0 Å². The van der Waals surface area contributed by atoms with Gasteiger partial charge in [-0.1, -0.05) is 18.2 Å². The van der Waals surface area contributed by atoms with Crippen LogP contribution in [0.5, 0.6) is 5.75 Å². The molecule has 1 aromatic carbocycles. The molecule has 0 unspecified atom stereocenters. The summed E-state index contributed by atoms with van der Waals surface area (Å²) in [5, 5.41) is 6.31. The number of hydrogen-bond donors (Lipinski definition) is 1. The number of amides is 2. The second kappa shape index (κ2) is 11.7. The highest BCUT2D eigenvalue weighted by molar-refractivity contribution is 7.09. The highest BCUT2D eigenvalue weighted by Gasteiger charge is 2.26. The van der Waals surface area contributed by atoms with E-state index in [9.17, 15) is 9.59 Å². The number of carbonyl (C=O) groups is 2. The van der Waals surface area contributed by atoms with Gasteiger partial charge in [-0.05, 0) is 51.2 Å². The van der Waals surface area contributed by atoms with E-state index in [-0.39, 0.29) is 17.7 Å². The number of aromatic nitrogens is 1. The molecule has 30 heavy (non-hydrogen) atoms. The third kappa shape index (κ3) is 7.13. The molecule has 0 radical (unpaired) electrons. The quantitative estimate of drug-likeness (QED) is 0.586. The largest absolute Gasteiger partial charge is 0.493 e. The van der Waals surface area contributed by atoms with E-state index in [2.05, 4.69) is 15.7 Å². The fourth-order valence-corrected chi connectivity index (χ4v) is 4.41. The molecule has 1 aliphatic rings. The minimum absolute atomic E-state index is 0.0104.